The molecule has 1 aromatic rings. The number of aryl methyl sites for hydroxylation is 2. The summed E-state index contributed by atoms with van der Waals surface area (Å²) in [5.41, 5.74) is 0.564. The normalized spacial score (nSPS) is 12.6. The highest BCUT2D eigenvalue weighted by Crippen LogP contribution is 2.20. The van der Waals surface area contributed by atoms with Crippen LogP contribution in [0.4, 0.5) is 4.39 Å². The molecule has 0 saturated carbocycles. The van der Waals surface area contributed by atoms with Crippen LogP contribution in [-0.4, -0.2) is 35.4 Å². The van der Waals surface area contributed by atoms with Gasteiger partial charge < -0.3 is 0 Å². The van der Waals surface area contributed by atoms with Crippen molar-refractivity contribution in [2.75, 3.05) is 18.6 Å². The van der Waals surface area contributed by atoms with Crippen molar-refractivity contribution < 1.29 is 21.2 Å². The van der Waals surface area contributed by atoms with E-state index < -0.39 is 25.7 Å². The van der Waals surface area contributed by atoms with Crippen molar-refractivity contribution in [1.29, 1.82) is 0 Å². The van der Waals surface area contributed by atoms with Gasteiger partial charge in [-0.15, -0.1) is 0 Å². The van der Waals surface area contributed by atoms with Crippen LogP contribution in [0.5, 0.6) is 0 Å². The van der Waals surface area contributed by atoms with Crippen LogP contribution in [0, 0.1) is 19.7 Å². The third-order valence-electron chi connectivity index (χ3n) is 2.46. The van der Waals surface area contributed by atoms with Gasteiger partial charge in [-0.25, -0.2) is 25.9 Å². The summed E-state index contributed by atoms with van der Waals surface area (Å²) >= 11 is 0. The molecule has 0 aliphatic carbocycles. The number of sulfonamides is 1. The highest BCUT2D eigenvalue weighted by Gasteiger charge is 2.20. The standard InChI is InChI=1S/C11H16FNO4S2/c1-8-6-10(12)7-9(2)11(8)19(16,17)13-4-5-18(3,14)15/h6-7,13H,4-5H2,1-3H3. The maximum Gasteiger partial charge on any atom is 0.241 e. The van der Waals surface area contributed by atoms with Crippen LogP contribution in [-0.2, 0) is 19.9 Å². The summed E-state index contributed by atoms with van der Waals surface area (Å²) in [7, 11) is -7.08. The smallest absolute Gasteiger partial charge is 0.229 e. The summed E-state index contributed by atoms with van der Waals surface area (Å²) in [6.07, 6.45) is 1.02. The number of rotatable bonds is 5. The third kappa shape index (κ3) is 4.55. The Bertz CT molecular complexity index is 658. The molecule has 5 nitrogen and oxygen atoms in total. The molecule has 0 unspecified atom stereocenters. The minimum absolute atomic E-state index is 0.0117. The van der Waals surface area contributed by atoms with Crippen LogP contribution in [0.1, 0.15) is 11.1 Å². The largest absolute Gasteiger partial charge is 0.241 e. The molecule has 1 rings (SSSR count). The molecule has 108 valence electrons. The SMILES string of the molecule is Cc1cc(F)cc(C)c1S(=O)(=O)NCCS(C)(=O)=O. The highest BCUT2D eigenvalue weighted by molar-refractivity contribution is 7.91. The Morgan fingerprint density at radius 3 is 2.00 bits per heavy atom. The number of hydrogen-bond donors (Lipinski definition) is 1. The molecule has 8 heteroatoms. The van der Waals surface area contributed by atoms with Crippen molar-refractivity contribution in [3.05, 3.63) is 29.1 Å². The first-order valence-corrected chi connectivity index (χ1v) is 9.01. The van der Waals surface area contributed by atoms with E-state index in [0.29, 0.717) is 0 Å². The van der Waals surface area contributed by atoms with Gasteiger partial charge >= 0.3 is 0 Å². The third-order valence-corrected chi connectivity index (χ3v) is 5.17. The molecule has 0 amide bonds. The van der Waals surface area contributed by atoms with Crippen LogP contribution in [0.2, 0.25) is 0 Å². The monoisotopic (exact) mass is 309 g/mol. The van der Waals surface area contributed by atoms with Crippen LogP contribution >= 0.6 is 0 Å². The molecule has 0 radical (unpaired) electrons. The molecule has 0 aliphatic rings. The second kappa shape index (κ2) is 5.56. The van der Waals surface area contributed by atoms with Gasteiger partial charge in [0.2, 0.25) is 10.0 Å². The Morgan fingerprint density at radius 2 is 1.58 bits per heavy atom. The fourth-order valence-corrected chi connectivity index (χ4v) is 3.84. The molecule has 0 atom stereocenters. The minimum atomic E-state index is -3.84. The van der Waals surface area contributed by atoms with Crippen LogP contribution in [0.25, 0.3) is 0 Å². The average molecular weight is 309 g/mol. The Balaban J connectivity index is 3.02. The molecule has 0 aliphatic heterocycles. The lowest BCUT2D eigenvalue weighted by Gasteiger charge is -2.12. The highest BCUT2D eigenvalue weighted by atomic mass is 32.2. The van der Waals surface area contributed by atoms with E-state index in [4.69, 9.17) is 0 Å². The van der Waals surface area contributed by atoms with Gasteiger partial charge in [-0.3, -0.25) is 0 Å². The van der Waals surface area contributed by atoms with Crippen molar-refractivity contribution in [3.8, 4) is 0 Å². The minimum Gasteiger partial charge on any atom is -0.229 e. The van der Waals surface area contributed by atoms with Crippen molar-refractivity contribution in [3.63, 3.8) is 0 Å². The maximum absolute atomic E-state index is 13.1. The topological polar surface area (TPSA) is 80.3 Å². The van der Waals surface area contributed by atoms with E-state index in [1.54, 1.807) is 0 Å². The van der Waals surface area contributed by atoms with E-state index in [9.17, 15) is 21.2 Å². The number of nitrogens with one attached hydrogen (secondary N) is 1. The summed E-state index contributed by atoms with van der Waals surface area (Å²) < 4.78 is 61.3. The van der Waals surface area contributed by atoms with Crippen LogP contribution in [0.3, 0.4) is 0 Å². The predicted molar refractivity (Wildman–Crippen MR) is 70.8 cm³/mol. The molecule has 0 bridgehead atoms. The lowest BCUT2D eigenvalue weighted by atomic mass is 10.1. The number of hydrogen-bond acceptors (Lipinski definition) is 4. The second-order valence-corrected chi connectivity index (χ2v) is 8.36. The van der Waals surface area contributed by atoms with E-state index in [2.05, 4.69) is 4.72 Å². The lowest BCUT2D eigenvalue weighted by molar-refractivity contribution is 0.579. The van der Waals surface area contributed by atoms with Crippen molar-refractivity contribution in [2.24, 2.45) is 0 Å². The number of halogens is 1. The van der Waals surface area contributed by atoms with Crippen LogP contribution < -0.4 is 4.72 Å². The van der Waals surface area contributed by atoms with E-state index in [1.165, 1.54) is 13.8 Å². The molecule has 0 heterocycles. The Hall–Kier alpha value is -0.990. The number of sulfone groups is 1. The molecule has 1 N–H and O–H groups in total. The summed E-state index contributed by atoms with van der Waals surface area (Å²) in [4.78, 5) is -0.0117. The fourth-order valence-electron chi connectivity index (χ4n) is 1.75. The van der Waals surface area contributed by atoms with Gasteiger partial charge in [-0.2, -0.15) is 0 Å². The molecule has 0 aromatic heterocycles. The zero-order valence-corrected chi connectivity index (χ0v) is 12.5. The lowest BCUT2D eigenvalue weighted by Crippen LogP contribution is -2.30. The zero-order chi connectivity index (χ0) is 14.8. The predicted octanol–water partition coefficient (Wildman–Crippen LogP) is 0.765. The van der Waals surface area contributed by atoms with Crippen molar-refractivity contribution >= 4 is 19.9 Å². The van der Waals surface area contributed by atoms with E-state index >= 15 is 0 Å². The Morgan fingerprint density at radius 1 is 1.11 bits per heavy atom. The van der Waals surface area contributed by atoms with Gasteiger partial charge in [0, 0.05) is 12.8 Å². The molecule has 0 fully saturated rings. The van der Waals surface area contributed by atoms with Gasteiger partial charge in [0.05, 0.1) is 10.6 Å². The summed E-state index contributed by atoms with van der Waals surface area (Å²) in [5, 5.41) is 0. The van der Waals surface area contributed by atoms with E-state index in [1.807, 2.05) is 0 Å². The van der Waals surface area contributed by atoms with E-state index in [0.717, 1.165) is 18.4 Å². The quantitative estimate of drug-likeness (QED) is 0.871. The van der Waals surface area contributed by atoms with Gasteiger partial charge in [-0.1, -0.05) is 0 Å². The number of benzene rings is 1. The summed E-state index contributed by atoms with van der Waals surface area (Å²) in [5.74, 6) is -0.795. The van der Waals surface area contributed by atoms with E-state index in [-0.39, 0.29) is 28.3 Å². The average Bonchev–Trinajstić information content (AvgIpc) is 2.11. The first-order valence-electron chi connectivity index (χ1n) is 5.47. The van der Waals surface area contributed by atoms with Crippen LogP contribution in [0.15, 0.2) is 17.0 Å². The van der Waals surface area contributed by atoms with Crippen molar-refractivity contribution in [2.45, 2.75) is 18.7 Å². The van der Waals surface area contributed by atoms with Gasteiger partial charge in [-0.05, 0) is 37.1 Å². The van der Waals surface area contributed by atoms with Gasteiger partial charge in [0.25, 0.3) is 0 Å². The van der Waals surface area contributed by atoms with Gasteiger partial charge in [0.15, 0.2) is 0 Å². The Labute approximate surface area is 112 Å². The summed E-state index contributed by atoms with van der Waals surface area (Å²) in [6.45, 7) is 2.76. The Kier molecular flexibility index (Phi) is 4.70. The zero-order valence-electron chi connectivity index (χ0n) is 10.9. The fraction of sp³-hybridized carbons (Fsp3) is 0.455. The van der Waals surface area contributed by atoms with Gasteiger partial charge in [0.1, 0.15) is 15.7 Å². The first kappa shape index (κ1) is 16.1. The summed E-state index contributed by atoms with van der Waals surface area (Å²) in [6, 6.07) is 2.25. The molecular weight excluding hydrogens is 293 g/mol. The molecular formula is C11H16FNO4S2. The van der Waals surface area contributed by atoms with Crippen molar-refractivity contribution in [1.82, 2.24) is 4.72 Å². The first-order chi connectivity index (χ1) is 8.53. The second-order valence-electron chi connectivity index (χ2n) is 4.40. The molecule has 19 heavy (non-hydrogen) atoms. The molecule has 1 aromatic carbocycles. The molecule has 0 saturated heterocycles. The maximum atomic E-state index is 13.1. The molecule has 0 spiro atoms.